The van der Waals surface area contributed by atoms with Crippen LogP contribution in [-0.2, 0) is 9.84 Å². The third-order valence-electron chi connectivity index (χ3n) is 3.72. The van der Waals surface area contributed by atoms with Crippen molar-refractivity contribution in [1.29, 1.82) is 0 Å². The van der Waals surface area contributed by atoms with Crippen LogP contribution in [0.3, 0.4) is 0 Å². The molecule has 2 atom stereocenters. The van der Waals surface area contributed by atoms with Crippen LogP contribution in [0.5, 0.6) is 0 Å². The molecule has 6 heteroatoms. The third kappa shape index (κ3) is 4.74. The molecule has 0 bridgehead atoms. The summed E-state index contributed by atoms with van der Waals surface area (Å²) >= 11 is 0. The predicted molar refractivity (Wildman–Crippen MR) is 86.3 cm³/mol. The lowest BCUT2D eigenvalue weighted by molar-refractivity contribution is 0.585. The molecule has 1 rings (SSSR count). The number of nitrogens with one attached hydrogen (secondary N) is 1. The predicted octanol–water partition coefficient (Wildman–Crippen LogP) is 2.30. The Morgan fingerprint density at radius 3 is 2.10 bits per heavy atom. The largest absolute Gasteiger partial charge is 0.316 e. The zero-order chi connectivity index (χ0) is 16.2. The van der Waals surface area contributed by atoms with Gasteiger partial charge in [-0.25, -0.2) is 18.4 Å². The first-order valence-corrected chi connectivity index (χ1v) is 9.38. The third-order valence-corrected chi connectivity index (χ3v) is 5.22. The van der Waals surface area contributed by atoms with Crippen LogP contribution in [0.4, 0.5) is 0 Å². The number of aryl methyl sites for hydroxylation is 2. The van der Waals surface area contributed by atoms with Crippen molar-refractivity contribution >= 4 is 9.84 Å². The van der Waals surface area contributed by atoms with Crippen LogP contribution in [0, 0.1) is 13.8 Å². The molecule has 1 heterocycles. The van der Waals surface area contributed by atoms with Crippen LogP contribution in [0.2, 0.25) is 0 Å². The summed E-state index contributed by atoms with van der Waals surface area (Å²) in [6, 6.07) is 0. The van der Waals surface area contributed by atoms with E-state index in [4.69, 9.17) is 0 Å². The number of rotatable bonds is 7. The molecule has 1 aromatic heterocycles. The fourth-order valence-corrected chi connectivity index (χ4v) is 2.92. The molecular weight excluding hydrogens is 286 g/mol. The van der Waals surface area contributed by atoms with Crippen LogP contribution in [0.25, 0.3) is 0 Å². The quantitative estimate of drug-likeness (QED) is 0.782. The maximum Gasteiger partial charge on any atom is 0.157 e. The Morgan fingerprint density at radius 2 is 1.67 bits per heavy atom. The van der Waals surface area contributed by atoms with E-state index in [1.165, 1.54) is 6.26 Å². The summed E-state index contributed by atoms with van der Waals surface area (Å²) in [7, 11) is -3.18. The van der Waals surface area contributed by atoms with E-state index in [2.05, 4.69) is 29.1 Å². The minimum Gasteiger partial charge on any atom is -0.316 e. The van der Waals surface area contributed by atoms with Crippen LogP contribution in [0.1, 0.15) is 61.1 Å². The first-order valence-electron chi connectivity index (χ1n) is 7.43. The first-order chi connectivity index (χ1) is 9.68. The average Bonchev–Trinajstić information content (AvgIpc) is 2.36. The Bertz CT molecular complexity index is 562. The summed E-state index contributed by atoms with van der Waals surface area (Å²) in [4.78, 5) is 8.86. The van der Waals surface area contributed by atoms with Crippen molar-refractivity contribution < 1.29 is 8.42 Å². The molecule has 120 valence electrons. The second-order valence-corrected chi connectivity index (χ2v) is 8.11. The Balaban J connectivity index is 3.05. The summed E-state index contributed by atoms with van der Waals surface area (Å²) in [5.41, 5.74) is 2.86. The molecule has 0 aliphatic carbocycles. The zero-order valence-electron chi connectivity index (χ0n) is 13.9. The van der Waals surface area contributed by atoms with Crippen LogP contribution in [0.15, 0.2) is 0 Å². The summed E-state index contributed by atoms with van der Waals surface area (Å²) in [6.45, 7) is 11.6. The van der Waals surface area contributed by atoms with E-state index in [0.717, 1.165) is 36.5 Å². The summed E-state index contributed by atoms with van der Waals surface area (Å²) in [5.74, 6) is 0.698. The van der Waals surface area contributed by atoms with Crippen molar-refractivity contribution in [3.8, 4) is 0 Å². The second-order valence-electron chi connectivity index (χ2n) is 5.74. The smallest absolute Gasteiger partial charge is 0.157 e. The monoisotopic (exact) mass is 313 g/mol. The highest BCUT2D eigenvalue weighted by molar-refractivity contribution is 7.90. The average molecular weight is 313 g/mol. The Hall–Kier alpha value is -1.01. The van der Waals surface area contributed by atoms with E-state index in [1.54, 1.807) is 6.92 Å². The van der Waals surface area contributed by atoms with E-state index in [-0.39, 0.29) is 0 Å². The van der Waals surface area contributed by atoms with Crippen LogP contribution in [-0.4, -0.2) is 37.7 Å². The van der Waals surface area contributed by atoms with Gasteiger partial charge in [0.1, 0.15) is 11.1 Å². The molecule has 0 aliphatic rings. The number of hydrogen-bond acceptors (Lipinski definition) is 5. The number of sulfone groups is 1. The van der Waals surface area contributed by atoms with Gasteiger partial charge in [-0.3, -0.25) is 0 Å². The van der Waals surface area contributed by atoms with Gasteiger partial charge in [0.15, 0.2) is 9.84 Å². The Kier molecular flexibility index (Phi) is 6.28. The van der Waals surface area contributed by atoms with E-state index < -0.39 is 15.1 Å². The lowest BCUT2D eigenvalue weighted by Crippen LogP contribution is -2.23. The molecule has 5 nitrogen and oxygen atoms in total. The highest BCUT2D eigenvalue weighted by atomic mass is 32.2. The van der Waals surface area contributed by atoms with Gasteiger partial charge >= 0.3 is 0 Å². The minimum absolute atomic E-state index is 0.305. The van der Waals surface area contributed by atoms with Gasteiger partial charge in [0, 0.05) is 24.2 Å². The minimum atomic E-state index is -3.18. The summed E-state index contributed by atoms with van der Waals surface area (Å²) in [6.07, 6.45) is 2.32. The van der Waals surface area contributed by atoms with Crippen molar-refractivity contribution in [2.75, 3.05) is 19.3 Å². The molecule has 2 unspecified atom stereocenters. The van der Waals surface area contributed by atoms with Gasteiger partial charge in [-0.15, -0.1) is 0 Å². The lowest BCUT2D eigenvalue weighted by atomic mass is 9.98. The molecule has 0 saturated carbocycles. The lowest BCUT2D eigenvalue weighted by Gasteiger charge is -2.19. The molecule has 0 radical (unpaired) electrons. The molecule has 0 aliphatic heterocycles. The van der Waals surface area contributed by atoms with Crippen molar-refractivity contribution in [2.24, 2.45) is 0 Å². The van der Waals surface area contributed by atoms with Crippen molar-refractivity contribution in [3.63, 3.8) is 0 Å². The molecular formula is C15H27N3O2S. The maximum atomic E-state index is 11.7. The summed E-state index contributed by atoms with van der Waals surface area (Å²) in [5, 5.41) is 2.73. The molecule has 0 spiro atoms. The molecule has 1 N–H and O–H groups in total. The van der Waals surface area contributed by atoms with Crippen LogP contribution >= 0.6 is 0 Å². The van der Waals surface area contributed by atoms with Crippen molar-refractivity contribution in [3.05, 3.63) is 22.8 Å². The van der Waals surface area contributed by atoms with Crippen molar-refractivity contribution in [2.45, 2.75) is 52.2 Å². The van der Waals surface area contributed by atoms with Gasteiger partial charge < -0.3 is 5.32 Å². The Labute approximate surface area is 128 Å². The molecule has 0 saturated heterocycles. The van der Waals surface area contributed by atoms with Crippen LogP contribution < -0.4 is 5.32 Å². The van der Waals surface area contributed by atoms with Gasteiger partial charge in [-0.05, 0) is 45.2 Å². The number of hydrogen-bond donors (Lipinski definition) is 1. The second kappa shape index (κ2) is 7.31. The fraction of sp³-hybridized carbons (Fsp3) is 0.733. The highest BCUT2D eigenvalue weighted by Gasteiger charge is 2.23. The molecule has 0 fully saturated rings. The topological polar surface area (TPSA) is 72.0 Å². The van der Waals surface area contributed by atoms with E-state index in [1.807, 2.05) is 13.8 Å². The normalized spacial score (nSPS) is 15.0. The zero-order valence-corrected chi connectivity index (χ0v) is 14.7. The number of aromatic nitrogens is 2. The SMILES string of the molecule is CCCNCC(C)c1c(C)nc(C(C)S(C)(=O)=O)nc1C. The maximum absolute atomic E-state index is 11.7. The molecule has 1 aromatic rings. The van der Waals surface area contributed by atoms with Gasteiger partial charge in [0.2, 0.25) is 0 Å². The van der Waals surface area contributed by atoms with Gasteiger partial charge in [0.05, 0.1) is 0 Å². The van der Waals surface area contributed by atoms with E-state index >= 15 is 0 Å². The van der Waals surface area contributed by atoms with Gasteiger partial charge in [0.25, 0.3) is 0 Å². The standard InChI is InChI=1S/C15H27N3O2S/c1-7-8-16-9-10(2)14-11(3)17-15(18-12(14)4)13(5)21(6,19)20/h10,13,16H,7-9H2,1-6H3. The van der Waals surface area contributed by atoms with E-state index in [0.29, 0.717) is 11.7 Å². The molecule has 0 amide bonds. The van der Waals surface area contributed by atoms with E-state index in [9.17, 15) is 8.42 Å². The highest BCUT2D eigenvalue weighted by Crippen LogP contribution is 2.24. The van der Waals surface area contributed by atoms with Crippen molar-refractivity contribution in [1.82, 2.24) is 15.3 Å². The Morgan fingerprint density at radius 1 is 1.14 bits per heavy atom. The molecule has 21 heavy (non-hydrogen) atoms. The number of nitrogens with zero attached hydrogens (tertiary/aromatic N) is 2. The molecule has 0 aromatic carbocycles. The van der Waals surface area contributed by atoms with Gasteiger partial charge in [-0.2, -0.15) is 0 Å². The summed E-state index contributed by atoms with van der Waals surface area (Å²) < 4.78 is 23.3. The fourth-order valence-electron chi connectivity index (χ4n) is 2.43. The first kappa shape index (κ1) is 18.0. The van der Waals surface area contributed by atoms with Gasteiger partial charge in [-0.1, -0.05) is 13.8 Å².